The molecule has 0 fully saturated rings. The Balaban J connectivity index is 1.67. The molecule has 1 N–H and O–H groups in total. The summed E-state index contributed by atoms with van der Waals surface area (Å²) in [5.74, 6) is -0.111. The molecule has 2 aromatic heterocycles. The van der Waals surface area contributed by atoms with Crippen LogP contribution >= 0.6 is 11.3 Å². The number of carbonyl (C=O) groups is 1. The van der Waals surface area contributed by atoms with Gasteiger partial charge in [-0.2, -0.15) is 0 Å². The molecule has 1 aliphatic carbocycles. The summed E-state index contributed by atoms with van der Waals surface area (Å²) < 4.78 is 5.03. The zero-order valence-electron chi connectivity index (χ0n) is 13.3. The fourth-order valence-electron chi connectivity index (χ4n) is 3.32. The van der Waals surface area contributed by atoms with Gasteiger partial charge in [0.25, 0.3) is 5.91 Å². The number of thiophene rings is 1. The van der Waals surface area contributed by atoms with Crippen molar-refractivity contribution in [2.75, 3.05) is 0 Å². The first-order valence-corrected chi connectivity index (χ1v) is 9.17. The second kappa shape index (κ2) is 6.65. The maximum absolute atomic E-state index is 12.5. The van der Waals surface area contributed by atoms with Crippen LogP contribution in [0.4, 0.5) is 0 Å². The first kappa shape index (κ1) is 15.2. The number of aryl methyl sites for hydroxylation is 2. The Hall–Kier alpha value is -2.33. The highest BCUT2D eigenvalue weighted by molar-refractivity contribution is 7.10. The van der Waals surface area contributed by atoms with Crippen molar-refractivity contribution in [3.8, 4) is 0 Å². The lowest BCUT2D eigenvalue weighted by Gasteiger charge is -2.22. The van der Waals surface area contributed by atoms with E-state index in [0.29, 0.717) is 5.56 Å². The van der Waals surface area contributed by atoms with E-state index in [4.69, 9.17) is 4.42 Å². The largest absolute Gasteiger partial charge is 0.472 e. The Labute approximate surface area is 145 Å². The molecule has 1 aromatic carbocycles. The van der Waals surface area contributed by atoms with E-state index in [1.807, 2.05) is 11.4 Å². The van der Waals surface area contributed by atoms with E-state index in [9.17, 15) is 4.79 Å². The van der Waals surface area contributed by atoms with Crippen LogP contribution in [0.3, 0.4) is 0 Å². The predicted molar refractivity (Wildman–Crippen MR) is 95.4 cm³/mol. The summed E-state index contributed by atoms with van der Waals surface area (Å²) in [6.07, 6.45) is 7.83. The Bertz CT molecular complexity index is 821. The summed E-state index contributed by atoms with van der Waals surface area (Å²) in [6.45, 7) is 0. The Morgan fingerprint density at radius 3 is 2.75 bits per heavy atom. The van der Waals surface area contributed by atoms with E-state index >= 15 is 0 Å². The van der Waals surface area contributed by atoms with Crippen LogP contribution in [-0.2, 0) is 12.8 Å². The minimum atomic E-state index is -0.125. The van der Waals surface area contributed by atoms with Gasteiger partial charge in [0.05, 0.1) is 17.9 Å². The van der Waals surface area contributed by atoms with Gasteiger partial charge in [-0.3, -0.25) is 4.79 Å². The number of furan rings is 1. The molecule has 1 aliphatic rings. The van der Waals surface area contributed by atoms with Gasteiger partial charge in [-0.25, -0.2) is 0 Å². The van der Waals surface area contributed by atoms with E-state index < -0.39 is 0 Å². The molecular formula is C20H19NO2S. The molecule has 0 aliphatic heterocycles. The molecule has 0 unspecified atom stereocenters. The van der Waals surface area contributed by atoms with Crippen molar-refractivity contribution in [3.63, 3.8) is 0 Å². The minimum Gasteiger partial charge on any atom is -0.472 e. The van der Waals surface area contributed by atoms with Gasteiger partial charge in [-0.15, -0.1) is 11.3 Å². The monoisotopic (exact) mass is 337 g/mol. The summed E-state index contributed by atoms with van der Waals surface area (Å²) in [6, 6.07) is 12.3. The molecule has 3 aromatic rings. The number of rotatable bonds is 4. The van der Waals surface area contributed by atoms with Crippen molar-refractivity contribution in [1.82, 2.24) is 5.32 Å². The molecule has 4 heteroatoms. The van der Waals surface area contributed by atoms with Crippen LogP contribution in [0.15, 0.2) is 58.7 Å². The number of fused-ring (bicyclic) bond motifs is 1. The number of hydrogen-bond acceptors (Lipinski definition) is 3. The maximum atomic E-state index is 12.5. The third-order valence-corrected chi connectivity index (χ3v) is 5.53. The molecule has 0 saturated heterocycles. The molecule has 4 rings (SSSR count). The number of nitrogens with one attached hydrogen (secondary N) is 1. The van der Waals surface area contributed by atoms with Crippen LogP contribution in [0.5, 0.6) is 0 Å². The zero-order chi connectivity index (χ0) is 16.4. The second-order valence-corrected chi connectivity index (χ2v) is 7.15. The highest BCUT2D eigenvalue weighted by Gasteiger charge is 2.21. The summed E-state index contributed by atoms with van der Waals surface area (Å²) in [5, 5.41) is 5.20. The van der Waals surface area contributed by atoms with Crippen LogP contribution in [0.1, 0.15) is 50.8 Å². The van der Waals surface area contributed by atoms with E-state index in [1.165, 1.54) is 42.9 Å². The summed E-state index contributed by atoms with van der Waals surface area (Å²) >= 11 is 1.66. The average Bonchev–Trinajstić information content (AvgIpc) is 3.32. The zero-order valence-corrected chi connectivity index (χ0v) is 14.1. The lowest BCUT2D eigenvalue weighted by Crippen LogP contribution is -2.28. The molecule has 0 bridgehead atoms. The van der Waals surface area contributed by atoms with Crippen molar-refractivity contribution in [3.05, 3.63) is 81.4 Å². The second-order valence-electron chi connectivity index (χ2n) is 6.17. The number of hydrogen-bond donors (Lipinski definition) is 1. The van der Waals surface area contributed by atoms with Gasteiger partial charge in [0.1, 0.15) is 6.26 Å². The van der Waals surface area contributed by atoms with Gasteiger partial charge >= 0.3 is 0 Å². The summed E-state index contributed by atoms with van der Waals surface area (Å²) in [7, 11) is 0. The Morgan fingerprint density at radius 1 is 1.12 bits per heavy atom. The fourth-order valence-corrected chi connectivity index (χ4v) is 4.12. The first-order valence-electron chi connectivity index (χ1n) is 8.29. The fraction of sp³-hybridized carbons (Fsp3) is 0.250. The number of benzene rings is 1. The van der Waals surface area contributed by atoms with Crippen molar-refractivity contribution in [2.24, 2.45) is 0 Å². The highest BCUT2D eigenvalue weighted by atomic mass is 32.1. The van der Waals surface area contributed by atoms with E-state index in [0.717, 1.165) is 16.9 Å². The van der Waals surface area contributed by atoms with E-state index in [1.54, 1.807) is 17.4 Å². The van der Waals surface area contributed by atoms with Crippen LogP contribution in [0.25, 0.3) is 0 Å². The molecule has 1 atom stereocenters. The molecule has 3 nitrogen and oxygen atoms in total. The van der Waals surface area contributed by atoms with Gasteiger partial charge < -0.3 is 9.73 Å². The highest BCUT2D eigenvalue weighted by Crippen LogP contribution is 2.30. The number of amides is 1. The van der Waals surface area contributed by atoms with Crippen LogP contribution in [0.2, 0.25) is 0 Å². The van der Waals surface area contributed by atoms with Gasteiger partial charge in [0.15, 0.2) is 0 Å². The molecule has 24 heavy (non-hydrogen) atoms. The molecule has 1 amide bonds. The minimum absolute atomic E-state index is 0.111. The van der Waals surface area contributed by atoms with Gasteiger partial charge in [0, 0.05) is 4.88 Å². The van der Waals surface area contributed by atoms with Crippen LogP contribution in [-0.4, -0.2) is 5.91 Å². The Kier molecular flexibility index (Phi) is 4.22. The third-order valence-electron chi connectivity index (χ3n) is 4.59. The topological polar surface area (TPSA) is 42.2 Å². The number of carbonyl (C=O) groups excluding carboxylic acids is 1. The maximum Gasteiger partial charge on any atom is 0.255 e. The standard InChI is InChI=1S/C20H19NO2S/c22-20(17-9-10-23-13-17)21-19(18-6-3-11-24-18)16-8-7-14-4-1-2-5-15(14)12-16/h3,6-13,19H,1-2,4-5H2,(H,21,22)/t19-/m0/s1. The van der Waals surface area contributed by atoms with Crippen LogP contribution in [0, 0.1) is 0 Å². The smallest absolute Gasteiger partial charge is 0.255 e. The first-order chi connectivity index (χ1) is 11.8. The summed E-state index contributed by atoms with van der Waals surface area (Å²) in [4.78, 5) is 13.6. The van der Waals surface area contributed by atoms with Crippen LogP contribution < -0.4 is 5.32 Å². The predicted octanol–water partition coefficient (Wildman–Crippen LogP) is 4.74. The molecule has 122 valence electrons. The molecule has 0 saturated carbocycles. The van der Waals surface area contributed by atoms with Gasteiger partial charge in [-0.05, 0) is 59.9 Å². The molecule has 0 radical (unpaired) electrons. The SMILES string of the molecule is O=C(N[C@@H](c1ccc2c(c1)CCCC2)c1cccs1)c1ccoc1. The molecule has 0 spiro atoms. The van der Waals surface area contributed by atoms with Gasteiger partial charge in [-0.1, -0.05) is 24.3 Å². The van der Waals surface area contributed by atoms with E-state index in [-0.39, 0.29) is 11.9 Å². The van der Waals surface area contributed by atoms with Crippen molar-refractivity contribution in [2.45, 2.75) is 31.7 Å². The molecular weight excluding hydrogens is 318 g/mol. The normalized spacial score (nSPS) is 14.8. The average molecular weight is 337 g/mol. The lowest BCUT2D eigenvalue weighted by atomic mass is 9.89. The van der Waals surface area contributed by atoms with Gasteiger partial charge in [0.2, 0.25) is 0 Å². The lowest BCUT2D eigenvalue weighted by molar-refractivity contribution is 0.0943. The quantitative estimate of drug-likeness (QED) is 0.747. The van der Waals surface area contributed by atoms with Crippen molar-refractivity contribution in [1.29, 1.82) is 0 Å². The summed E-state index contributed by atoms with van der Waals surface area (Å²) in [5.41, 5.74) is 4.58. The van der Waals surface area contributed by atoms with E-state index in [2.05, 4.69) is 29.6 Å². The van der Waals surface area contributed by atoms with Crippen molar-refractivity contribution >= 4 is 17.2 Å². The third kappa shape index (κ3) is 3.02. The van der Waals surface area contributed by atoms with Crippen molar-refractivity contribution < 1.29 is 9.21 Å². The Morgan fingerprint density at radius 2 is 2.00 bits per heavy atom. The molecule has 2 heterocycles.